The van der Waals surface area contributed by atoms with E-state index in [4.69, 9.17) is 5.73 Å². The van der Waals surface area contributed by atoms with Crippen LogP contribution in [0.2, 0.25) is 0 Å². The molecule has 4 heteroatoms. The van der Waals surface area contributed by atoms with Crippen LogP contribution in [0.5, 0.6) is 0 Å². The Morgan fingerprint density at radius 1 is 1.63 bits per heavy atom. The molecule has 0 aromatic rings. The van der Waals surface area contributed by atoms with E-state index < -0.39 is 0 Å². The molecule has 19 heavy (non-hydrogen) atoms. The zero-order valence-electron chi connectivity index (χ0n) is 11.8. The fourth-order valence-corrected chi connectivity index (χ4v) is 4.37. The molecule has 1 heterocycles. The predicted molar refractivity (Wildman–Crippen MR) is 76.4 cm³/mol. The number of allylic oxidation sites excluding steroid dienone is 2. The van der Waals surface area contributed by atoms with E-state index in [2.05, 4.69) is 22.6 Å². The fourth-order valence-electron chi connectivity index (χ4n) is 4.37. The van der Waals surface area contributed by atoms with Gasteiger partial charge in [0.15, 0.2) is 0 Å². The van der Waals surface area contributed by atoms with E-state index in [9.17, 15) is 5.11 Å². The maximum absolute atomic E-state index is 10.5. The van der Waals surface area contributed by atoms with Crippen LogP contribution in [0.1, 0.15) is 32.6 Å². The molecule has 106 valence electrons. The standard InChI is InChI=1S/C15H25N3O/c1-10(16)7-11-8-12(19)14-15(9-11)6-4-3-5-13(15)17-18(14)2/h4,6,8,10-11,13-14,17,19H,3,5,7,9,16H2,1-2H3. The van der Waals surface area contributed by atoms with Crippen molar-refractivity contribution in [2.45, 2.75) is 50.7 Å². The Balaban J connectivity index is 1.96. The molecule has 5 atom stereocenters. The molecule has 0 aromatic heterocycles. The van der Waals surface area contributed by atoms with Gasteiger partial charge in [0.1, 0.15) is 5.76 Å². The summed E-state index contributed by atoms with van der Waals surface area (Å²) in [5.74, 6) is 0.899. The van der Waals surface area contributed by atoms with Gasteiger partial charge in [-0.15, -0.1) is 0 Å². The van der Waals surface area contributed by atoms with Crippen molar-refractivity contribution in [3.8, 4) is 0 Å². The van der Waals surface area contributed by atoms with Crippen molar-refractivity contribution in [3.05, 3.63) is 24.0 Å². The lowest BCUT2D eigenvalue weighted by molar-refractivity contribution is 0.129. The molecule has 3 aliphatic rings. The summed E-state index contributed by atoms with van der Waals surface area (Å²) in [5, 5.41) is 12.6. The highest BCUT2D eigenvalue weighted by molar-refractivity contribution is 5.29. The maximum Gasteiger partial charge on any atom is 0.108 e. The van der Waals surface area contributed by atoms with Crippen molar-refractivity contribution in [2.24, 2.45) is 17.1 Å². The number of rotatable bonds is 2. The van der Waals surface area contributed by atoms with E-state index in [1.165, 1.54) is 0 Å². The van der Waals surface area contributed by atoms with Crippen LogP contribution in [-0.4, -0.2) is 35.3 Å². The Morgan fingerprint density at radius 3 is 3.16 bits per heavy atom. The lowest BCUT2D eigenvalue weighted by Gasteiger charge is -2.43. The quantitative estimate of drug-likeness (QED) is 0.664. The number of aliphatic hydroxyl groups excluding tert-OH is 1. The summed E-state index contributed by atoms with van der Waals surface area (Å²) >= 11 is 0. The summed E-state index contributed by atoms with van der Waals surface area (Å²) in [7, 11) is 2.04. The Bertz CT molecular complexity index is 418. The van der Waals surface area contributed by atoms with Gasteiger partial charge < -0.3 is 10.8 Å². The van der Waals surface area contributed by atoms with Crippen LogP contribution >= 0.6 is 0 Å². The molecule has 1 fully saturated rings. The normalized spacial score (nSPS) is 43.5. The molecule has 2 aliphatic carbocycles. The van der Waals surface area contributed by atoms with Crippen LogP contribution in [0.15, 0.2) is 24.0 Å². The van der Waals surface area contributed by atoms with Gasteiger partial charge in [-0.2, -0.15) is 0 Å². The second-order valence-corrected chi connectivity index (χ2v) is 6.56. The summed E-state index contributed by atoms with van der Waals surface area (Å²) in [6.45, 7) is 2.04. The van der Waals surface area contributed by atoms with Crippen molar-refractivity contribution in [1.82, 2.24) is 10.4 Å². The summed E-state index contributed by atoms with van der Waals surface area (Å²) in [4.78, 5) is 0. The minimum atomic E-state index is 0.0470. The number of nitrogens with one attached hydrogen (secondary N) is 1. The van der Waals surface area contributed by atoms with Gasteiger partial charge >= 0.3 is 0 Å². The van der Waals surface area contributed by atoms with E-state index >= 15 is 0 Å². The molecular weight excluding hydrogens is 238 g/mol. The van der Waals surface area contributed by atoms with Gasteiger partial charge in [0, 0.05) is 24.5 Å². The number of likely N-dealkylation sites (N-methyl/N-ethyl adjacent to an activating group) is 1. The topological polar surface area (TPSA) is 61.5 Å². The molecule has 5 unspecified atom stereocenters. The van der Waals surface area contributed by atoms with Crippen molar-refractivity contribution >= 4 is 0 Å². The number of hydrogen-bond acceptors (Lipinski definition) is 4. The number of nitrogens with zero attached hydrogens (tertiary/aromatic N) is 1. The number of hydrogen-bond donors (Lipinski definition) is 3. The smallest absolute Gasteiger partial charge is 0.108 e. The monoisotopic (exact) mass is 263 g/mol. The third kappa shape index (κ3) is 2.02. The lowest BCUT2D eigenvalue weighted by Crippen LogP contribution is -2.47. The average Bonchev–Trinajstić information content (AvgIpc) is 2.60. The van der Waals surface area contributed by atoms with Crippen molar-refractivity contribution in [3.63, 3.8) is 0 Å². The zero-order valence-corrected chi connectivity index (χ0v) is 11.8. The van der Waals surface area contributed by atoms with Crippen molar-refractivity contribution in [2.75, 3.05) is 7.05 Å². The van der Waals surface area contributed by atoms with E-state index in [1.807, 2.05) is 20.0 Å². The zero-order chi connectivity index (χ0) is 13.6. The SMILES string of the molecule is CC(N)CC1C=C(O)C2N(C)NC3CCC=CC32C1. The van der Waals surface area contributed by atoms with Crippen LogP contribution in [0, 0.1) is 11.3 Å². The maximum atomic E-state index is 10.5. The molecule has 3 rings (SSSR count). The Morgan fingerprint density at radius 2 is 2.42 bits per heavy atom. The molecule has 1 spiro atoms. The van der Waals surface area contributed by atoms with Crippen LogP contribution in [0.25, 0.3) is 0 Å². The van der Waals surface area contributed by atoms with Crippen LogP contribution in [-0.2, 0) is 0 Å². The third-order valence-electron chi connectivity index (χ3n) is 4.93. The first-order valence-corrected chi connectivity index (χ1v) is 7.36. The molecule has 0 amide bonds. The van der Waals surface area contributed by atoms with Gasteiger partial charge in [-0.25, -0.2) is 5.01 Å². The predicted octanol–water partition coefficient (Wildman–Crippen LogP) is 1.71. The van der Waals surface area contributed by atoms with E-state index in [0.29, 0.717) is 17.7 Å². The molecule has 1 aliphatic heterocycles. The first-order valence-electron chi connectivity index (χ1n) is 7.36. The third-order valence-corrected chi connectivity index (χ3v) is 4.93. The molecule has 1 saturated heterocycles. The summed E-state index contributed by atoms with van der Waals surface area (Å²) in [5.41, 5.74) is 9.53. The summed E-state index contributed by atoms with van der Waals surface area (Å²) in [6, 6.07) is 0.706. The lowest BCUT2D eigenvalue weighted by atomic mass is 9.62. The first-order chi connectivity index (χ1) is 9.03. The second kappa shape index (κ2) is 4.62. The molecule has 0 aromatic carbocycles. The van der Waals surface area contributed by atoms with Gasteiger partial charge in [-0.3, -0.25) is 5.43 Å². The molecule has 4 N–H and O–H groups in total. The highest BCUT2D eigenvalue weighted by atomic mass is 16.3. The van der Waals surface area contributed by atoms with E-state index in [0.717, 1.165) is 25.7 Å². The minimum Gasteiger partial charge on any atom is -0.511 e. The number of aliphatic hydroxyl groups is 1. The Hall–Kier alpha value is -0.840. The molecule has 0 radical (unpaired) electrons. The molecule has 0 bridgehead atoms. The van der Waals surface area contributed by atoms with E-state index in [1.54, 1.807) is 0 Å². The average molecular weight is 263 g/mol. The Kier molecular flexibility index (Phi) is 3.20. The van der Waals surface area contributed by atoms with Crippen LogP contribution < -0.4 is 11.2 Å². The highest BCUT2D eigenvalue weighted by Gasteiger charge is 2.56. The van der Waals surface area contributed by atoms with E-state index in [-0.39, 0.29) is 17.5 Å². The molecule has 0 saturated carbocycles. The van der Waals surface area contributed by atoms with Gasteiger partial charge in [0.05, 0.1) is 6.04 Å². The molecule has 4 nitrogen and oxygen atoms in total. The second-order valence-electron chi connectivity index (χ2n) is 6.56. The van der Waals surface area contributed by atoms with Gasteiger partial charge in [0.2, 0.25) is 0 Å². The number of hydrazine groups is 1. The van der Waals surface area contributed by atoms with Crippen molar-refractivity contribution < 1.29 is 5.11 Å². The fraction of sp³-hybridized carbons (Fsp3) is 0.733. The van der Waals surface area contributed by atoms with Gasteiger partial charge in [-0.05, 0) is 44.6 Å². The van der Waals surface area contributed by atoms with Gasteiger partial charge in [-0.1, -0.05) is 12.2 Å². The Labute approximate surface area is 115 Å². The highest BCUT2D eigenvalue weighted by Crippen LogP contribution is 2.51. The summed E-state index contributed by atoms with van der Waals surface area (Å²) < 4.78 is 0. The van der Waals surface area contributed by atoms with Crippen LogP contribution in [0.3, 0.4) is 0 Å². The molecular formula is C15H25N3O. The largest absolute Gasteiger partial charge is 0.511 e. The van der Waals surface area contributed by atoms with Gasteiger partial charge in [0.25, 0.3) is 0 Å². The number of nitrogens with two attached hydrogens (primary N) is 1. The van der Waals surface area contributed by atoms with Crippen LogP contribution in [0.4, 0.5) is 0 Å². The summed E-state index contributed by atoms with van der Waals surface area (Å²) in [6.07, 6.45) is 11.0. The van der Waals surface area contributed by atoms with Crippen molar-refractivity contribution in [1.29, 1.82) is 0 Å². The minimum absolute atomic E-state index is 0.0470. The first kappa shape index (κ1) is 13.2.